The third-order valence-corrected chi connectivity index (χ3v) is 8.75. The van der Waals surface area contributed by atoms with Crippen LogP contribution in [0.1, 0.15) is 266 Å². The number of hydrogen-bond donors (Lipinski definition) is 6. The molecule has 0 amide bonds. The molecule has 0 unspecified atom stereocenters. The molecule has 0 aromatic rings. The van der Waals surface area contributed by atoms with Crippen LogP contribution in [0.2, 0.25) is 0 Å². The second-order valence-corrected chi connectivity index (χ2v) is 14.3. The predicted octanol–water partition coefficient (Wildman–Crippen LogP) is 13.6. The zero-order chi connectivity index (χ0) is 41.0. The first kappa shape index (κ1) is 64.6. The lowest BCUT2D eigenvalue weighted by Crippen LogP contribution is -1.85. The average Bonchev–Trinajstić information content (AvgIpc) is 3.12. The molecule has 0 bridgehead atoms. The minimum absolute atomic E-state index is 0.250. The van der Waals surface area contributed by atoms with E-state index in [1.165, 1.54) is 225 Å². The Morgan fingerprint density at radius 2 is 0.170 bits per heavy atom. The molecular formula is C47H106O6. The third-order valence-electron chi connectivity index (χ3n) is 8.75. The Labute approximate surface area is 335 Å². The van der Waals surface area contributed by atoms with E-state index in [0.717, 1.165) is 0 Å². The lowest BCUT2D eigenvalue weighted by Gasteiger charge is -2.04. The molecule has 0 spiro atoms. The van der Waals surface area contributed by atoms with Gasteiger partial charge in [-0.2, -0.15) is 0 Å². The molecule has 6 heteroatoms. The molecule has 1 fully saturated rings. The van der Waals surface area contributed by atoms with Crippen molar-refractivity contribution in [1.82, 2.24) is 0 Å². The molecule has 0 atom stereocenters. The molecular weight excluding hydrogens is 661 g/mol. The minimum atomic E-state index is 0.250. The second-order valence-electron chi connectivity index (χ2n) is 14.3. The van der Waals surface area contributed by atoms with E-state index in [-0.39, 0.29) is 39.6 Å². The maximum absolute atomic E-state index is 7.57. The van der Waals surface area contributed by atoms with Crippen molar-refractivity contribution in [3.63, 3.8) is 0 Å². The first-order chi connectivity index (χ1) is 26.0. The fourth-order valence-corrected chi connectivity index (χ4v) is 6.19. The van der Waals surface area contributed by atoms with Gasteiger partial charge in [-0.25, -0.2) is 0 Å². The van der Waals surface area contributed by atoms with Gasteiger partial charge in [-0.1, -0.05) is 225 Å². The van der Waals surface area contributed by atoms with Crippen LogP contribution in [0, 0.1) is 0 Å². The molecule has 1 saturated carbocycles. The quantitative estimate of drug-likeness (QED) is 0.146. The summed E-state index contributed by atoms with van der Waals surface area (Å²) >= 11 is 0. The smallest absolute Gasteiger partial charge is 0.0402 e. The van der Waals surface area contributed by atoms with Crippen molar-refractivity contribution in [1.29, 1.82) is 0 Å². The summed E-state index contributed by atoms with van der Waals surface area (Å²) in [5.41, 5.74) is 0. The molecule has 6 N–H and O–H groups in total. The molecule has 1 aliphatic rings. The van der Waals surface area contributed by atoms with E-state index in [0.29, 0.717) is 0 Å². The van der Waals surface area contributed by atoms with Crippen LogP contribution in [-0.2, 0) is 0 Å². The Hall–Kier alpha value is -0.240. The van der Waals surface area contributed by atoms with Crippen LogP contribution in [-0.4, -0.2) is 70.3 Å². The summed E-state index contributed by atoms with van der Waals surface area (Å²) in [4.78, 5) is 0. The van der Waals surface area contributed by atoms with Gasteiger partial charge in [0.15, 0.2) is 0 Å². The van der Waals surface area contributed by atoms with E-state index in [2.05, 4.69) is 0 Å². The molecule has 53 heavy (non-hydrogen) atoms. The van der Waals surface area contributed by atoms with Crippen molar-refractivity contribution in [2.24, 2.45) is 0 Å². The normalized spacial score (nSPS) is 17.9. The monoisotopic (exact) mass is 767 g/mol. The topological polar surface area (TPSA) is 121 Å². The van der Waals surface area contributed by atoms with Gasteiger partial charge in [-0.3, -0.25) is 0 Å². The summed E-state index contributed by atoms with van der Waals surface area (Å²) in [5, 5.41) is 45.4. The van der Waals surface area contributed by atoms with Gasteiger partial charge in [0.25, 0.3) is 0 Å². The fraction of sp³-hybridized carbons (Fsp3) is 1.00. The highest BCUT2D eigenvalue weighted by Gasteiger charge is 1.98. The molecule has 330 valence electrons. The molecule has 0 radical (unpaired) electrons. The third kappa shape index (κ3) is 106. The van der Waals surface area contributed by atoms with Gasteiger partial charge in [0.1, 0.15) is 0 Å². The van der Waals surface area contributed by atoms with Crippen LogP contribution in [0.15, 0.2) is 0 Å². The van der Waals surface area contributed by atoms with Crippen molar-refractivity contribution in [3.05, 3.63) is 0 Å². The van der Waals surface area contributed by atoms with Crippen molar-refractivity contribution in [2.75, 3.05) is 39.6 Å². The van der Waals surface area contributed by atoms with Crippen molar-refractivity contribution in [3.8, 4) is 0 Å². The van der Waals surface area contributed by atoms with Gasteiger partial charge < -0.3 is 30.6 Å². The predicted molar refractivity (Wildman–Crippen MR) is 238 cm³/mol. The van der Waals surface area contributed by atoms with E-state index in [9.17, 15) is 0 Å². The summed E-state index contributed by atoms with van der Waals surface area (Å²) in [6.45, 7) is 11.6. The standard InChI is InChI=1S/C35H70.6C2H6O/c1-2-4-6-8-10-12-14-16-18-20-22-24-26-28-30-32-34-35-33-31-29-27-25-23-21-19-17-15-13-11-9-7-5-3-1;6*1-2-3/h1-35H2;6*3H,2H2,1H3. The molecule has 0 aromatic carbocycles. The zero-order valence-electron chi connectivity index (χ0n) is 37.7. The Balaban J connectivity index is -0.000000257. The highest BCUT2D eigenvalue weighted by Crippen LogP contribution is 2.18. The summed E-state index contributed by atoms with van der Waals surface area (Å²) in [7, 11) is 0. The Kier molecular flexibility index (Phi) is 97.9. The number of hydrogen-bond acceptors (Lipinski definition) is 6. The van der Waals surface area contributed by atoms with E-state index in [1.807, 2.05) is 0 Å². The van der Waals surface area contributed by atoms with Crippen LogP contribution >= 0.6 is 0 Å². The van der Waals surface area contributed by atoms with Crippen LogP contribution in [0.4, 0.5) is 0 Å². The van der Waals surface area contributed by atoms with Crippen LogP contribution < -0.4 is 0 Å². The maximum atomic E-state index is 7.57. The van der Waals surface area contributed by atoms with Gasteiger partial charge in [0.2, 0.25) is 0 Å². The minimum Gasteiger partial charge on any atom is -0.397 e. The van der Waals surface area contributed by atoms with Crippen molar-refractivity contribution in [2.45, 2.75) is 266 Å². The molecule has 6 nitrogen and oxygen atoms in total. The Bertz CT molecular complexity index is 271. The molecule has 0 saturated heterocycles. The van der Waals surface area contributed by atoms with Gasteiger partial charge in [-0.15, -0.1) is 0 Å². The average molecular weight is 767 g/mol. The van der Waals surface area contributed by atoms with E-state index in [4.69, 9.17) is 30.6 Å². The molecule has 0 heterocycles. The van der Waals surface area contributed by atoms with Crippen LogP contribution in [0.5, 0.6) is 0 Å². The van der Waals surface area contributed by atoms with E-state index in [1.54, 1.807) is 41.5 Å². The lowest BCUT2D eigenvalue weighted by atomic mass is 10.0. The van der Waals surface area contributed by atoms with Crippen LogP contribution in [0.25, 0.3) is 0 Å². The molecule has 1 rings (SSSR count). The first-order valence-electron chi connectivity index (χ1n) is 23.6. The van der Waals surface area contributed by atoms with Gasteiger partial charge in [0.05, 0.1) is 0 Å². The summed E-state index contributed by atoms with van der Waals surface area (Å²) in [6.07, 6.45) is 52.5. The molecule has 0 aromatic heterocycles. The zero-order valence-corrected chi connectivity index (χ0v) is 37.7. The maximum Gasteiger partial charge on any atom is 0.0402 e. The van der Waals surface area contributed by atoms with Gasteiger partial charge in [0, 0.05) is 39.6 Å². The van der Waals surface area contributed by atoms with Crippen LogP contribution in [0.3, 0.4) is 0 Å². The molecule has 0 aliphatic heterocycles. The largest absolute Gasteiger partial charge is 0.397 e. The van der Waals surface area contributed by atoms with Crippen molar-refractivity contribution >= 4 is 0 Å². The van der Waals surface area contributed by atoms with Crippen molar-refractivity contribution < 1.29 is 30.6 Å². The summed E-state index contributed by atoms with van der Waals surface area (Å²) in [6, 6.07) is 0. The fourth-order valence-electron chi connectivity index (χ4n) is 6.19. The highest BCUT2D eigenvalue weighted by molar-refractivity contribution is 4.54. The second kappa shape index (κ2) is 80.3. The molecule has 1 aliphatic carbocycles. The number of rotatable bonds is 0. The Morgan fingerprint density at radius 3 is 0.189 bits per heavy atom. The first-order valence-corrected chi connectivity index (χ1v) is 23.6. The van der Waals surface area contributed by atoms with Gasteiger partial charge in [-0.05, 0) is 41.5 Å². The van der Waals surface area contributed by atoms with E-state index < -0.39 is 0 Å². The Morgan fingerprint density at radius 1 is 0.151 bits per heavy atom. The summed E-state index contributed by atoms with van der Waals surface area (Å²) in [5.74, 6) is 0. The van der Waals surface area contributed by atoms with Gasteiger partial charge >= 0.3 is 0 Å². The van der Waals surface area contributed by atoms with E-state index >= 15 is 0 Å². The summed E-state index contributed by atoms with van der Waals surface area (Å²) < 4.78 is 0. The number of aliphatic hydroxyl groups excluding tert-OH is 6. The number of aliphatic hydroxyl groups is 6. The lowest BCUT2D eigenvalue weighted by molar-refractivity contribution is 0.318. The SMILES string of the molecule is C1CCCCCCCCCCCCCCCCCCCCCCCCCCCCCCCCCC1.CCO.CCO.CCO.CCO.CCO.CCO. The highest BCUT2D eigenvalue weighted by atomic mass is 16.3.